The van der Waals surface area contributed by atoms with Crippen molar-refractivity contribution in [2.75, 3.05) is 6.61 Å². The van der Waals surface area contributed by atoms with E-state index in [2.05, 4.69) is 0 Å². The molecule has 4 aliphatic carbocycles. The van der Waals surface area contributed by atoms with Crippen LogP contribution in [0.25, 0.3) is 0 Å². The summed E-state index contributed by atoms with van der Waals surface area (Å²) in [6, 6.07) is 0. The van der Waals surface area contributed by atoms with Gasteiger partial charge in [0, 0.05) is 36.0 Å². The van der Waals surface area contributed by atoms with Gasteiger partial charge < -0.3 is 25.2 Å². The van der Waals surface area contributed by atoms with Crippen LogP contribution in [0, 0.1) is 28.6 Å². The summed E-state index contributed by atoms with van der Waals surface area (Å²) in [7, 11) is 0. The number of esters is 1. The highest BCUT2D eigenvalue weighted by Gasteiger charge is 2.69. The van der Waals surface area contributed by atoms with Gasteiger partial charge in [0.05, 0.1) is 6.10 Å². The van der Waals surface area contributed by atoms with E-state index in [9.17, 15) is 34.5 Å². The Morgan fingerprint density at radius 1 is 1.16 bits per heavy atom. The number of hydrogen-bond donors (Lipinski definition) is 4. The summed E-state index contributed by atoms with van der Waals surface area (Å²) in [5.41, 5.74) is -2.20. The average molecular weight is 523 g/mol. The summed E-state index contributed by atoms with van der Waals surface area (Å²) in [5.74, 6) is -1.92. The zero-order valence-electron chi connectivity index (χ0n) is 22.4. The molecule has 0 aliphatic heterocycles. The minimum atomic E-state index is -1.65. The lowest BCUT2D eigenvalue weighted by Crippen LogP contribution is -2.64. The van der Waals surface area contributed by atoms with Crippen LogP contribution in [-0.4, -0.2) is 68.3 Å². The van der Waals surface area contributed by atoms with Crippen molar-refractivity contribution >= 4 is 23.5 Å². The molecule has 0 radical (unpaired) electrons. The van der Waals surface area contributed by atoms with Crippen LogP contribution in [0.1, 0.15) is 85.5 Å². The summed E-state index contributed by atoms with van der Waals surface area (Å²) >= 11 is 0. The molecule has 4 rings (SSSR count). The molecule has 9 heteroatoms. The summed E-state index contributed by atoms with van der Waals surface area (Å²) in [6.07, 6.45) is 4.06. The van der Waals surface area contributed by atoms with Gasteiger partial charge in [-0.2, -0.15) is 0 Å². The lowest BCUT2D eigenvalue weighted by molar-refractivity contribution is -0.197. The van der Waals surface area contributed by atoms with E-state index in [0.717, 1.165) is 12.0 Å². The van der Waals surface area contributed by atoms with Crippen LogP contribution < -0.4 is 0 Å². The van der Waals surface area contributed by atoms with Crippen LogP contribution in [-0.2, 0) is 23.9 Å². The van der Waals surface area contributed by atoms with Crippen LogP contribution in [0.3, 0.4) is 0 Å². The Kier molecular flexibility index (Phi) is 8.71. The maximum absolute atomic E-state index is 12.5. The van der Waals surface area contributed by atoms with Crippen molar-refractivity contribution in [3.8, 4) is 0 Å². The molecule has 3 fully saturated rings. The van der Waals surface area contributed by atoms with E-state index in [1.807, 2.05) is 20.8 Å². The number of carboxylic acids is 1. The molecule has 4 N–H and O–H groups in total. The number of aliphatic carboxylic acids is 1. The number of rotatable bonds is 6. The molecule has 1 unspecified atom stereocenters. The van der Waals surface area contributed by atoms with Crippen LogP contribution in [0.2, 0.25) is 0 Å². The van der Waals surface area contributed by atoms with Gasteiger partial charge in [0.2, 0.25) is 0 Å². The standard InChI is InChI=1S/C25H36O7.C3H6O2/c1-4-5-21(30)32-20-11-15(27)10-14-6-7-16-17-8-9-25(31,19(29)13-26)23(17,2)12-18(28)22(16)24(14,20)3;1-2-3(4)5/h10,16-18,20,22,26,28,31H,4-9,11-13H2,1-3H3;2H2,1H3,(H,4,5)/t16-,17-,18-,20?,22+,23-,24+,25-;/m0./s1. The smallest absolute Gasteiger partial charge is 0.306 e. The fraction of sp³-hybridized carbons (Fsp3) is 0.786. The number of aliphatic hydroxyl groups excluding tert-OH is 2. The summed E-state index contributed by atoms with van der Waals surface area (Å²) in [5, 5.41) is 40.0. The molecule has 0 aromatic heterocycles. The fourth-order valence-electron chi connectivity index (χ4n) is 7.88. The van der Waals surface area contributed by atoms with Gasteiger partial charge >= 0.3 is 11.9 Å². The van der Waals surface area contributed by atoms with Crippen molar-refractivity contribution in [3.05, 3.63) is 11.6 Å². The topological polar surface area (TPSA) is 158 Å². The molecule has 4 aliphatic rings. The van der Waals surface area contributed by atoms with Gasteiger partial charge in [-0.05, 0) is 56.4 Å². The van der Waals surface area contributed by atoms with E-state index in [0.29, 0.717) is 19.3 Å². The molecule has 37 heavy (non-hydrogen) atoms. The number of carbonyl (C=O) groups excluding carboxylic acids is 3. The minimum Gasteiger partial charge on any atom is -0.481 e. The number of fused-ring (bicyclic) bond motifs is 5. The van der Waals surface area contributed by atoms with E-state index in [1.54, 1.807) is 13.0 Å². The Hall–Kier alpha value is -2.10. The molecular formula is C28H42O9. The molecule has 0 saturated heterocycles. The SMILES string of the molecule is CCC(=O)O.CCCC(=O)OC1CC(=O)C=C2CC[C@@H]3[C@H]([C@@H](O)C[C@@]4(C)[C@H]3CC[C@]4(O)C(=O)CO)[C@]21C. The van der Waals surface area contributed by atoms with Crippen molar-refractivity contribution in [3.63, 3.8) is 0 Å². The average Bonchev–Trinajstić information content (AvgIpc) is 3.10. The van der Waals surface area contributed by atoms with Gasteiger partial charge in [-0.25, -0.2) is 0 Å². The molecule has 3 saturated carbocycles. The first-order chi connectivity index (χ1) is 17.3. The predicted octanol–water partition coefficient (Wildman–Crippen LogP) is 2.58. The highest BCUT2D eigenvalue weighted by atomic mass is 16.5. The maximum Gasteiger partial charge on any atom is 0.306 e. The van der Waals surface area contributed by atoms with Gasteiger partial charge in [0.25, 0.3) is 0 Å². The first kappa shape index (κ1) is 29.5. The number of hydrogen-bond acceptors (Lipinski definition) is 8. The highest BCUT2D eigenvalue weighted by Crippen LogP contribution is 2.67. The molecule has 0 spiro atoms. The first-order valence-electron chi connectivity index (χ1n) is 13.5. The molecule has 0 bridgehead atoms. The largest absolute Gasteiger partial charge is 0.481 e. The van der Waals surface area contributed by atoms with E-state index in [4.69, 9.17) is 9.84 Å². The van der Waals surface area contributed by atoms with Crippen molar-refractivity contribution in [1.29, 1.82) is 0 Å². The zero-order chi connectivity index (χ0) is 27.8. The third kappa shape index (κ3) is 4.90. The van der Waals surface area contributed by atoms with Crippen LogP contribution in [0.15, 0.2) is 11.6 Å². The van der Waals surface area contributed by atoms with Gasteiger partial charge in [-0.1, -0.05) is 33.3 Å². The molecule has 208 valence electrons. The lowest BCUT2D eigenvalue weighted by Gasteiger charge is -2.61. The summed E-state index contributed by atoms with van der Waals surface area (Å²) in [4.78, 5) is 46.8. The second kappa shape index (κ2) is 10.9. The number of ketones is 2. The number of carbonyl (C=O) groups is 4. The van der Waals surface area contributed by atoms with E-state index >= 15 is 0 Å². The Labute approximate surface area is 218 Å². The van der Waals surface area contributed by atoms with E-state index < -0.39 is 47.0 Å². The fourth-order valence-corrected chi connectivity index (χ4v) is 7.88. The molecule has 0 heterocycles. The molecule has 9 nitrogen and oxygen atoms in total. The molecule has 0 aromatic carbocycles. The van der Waals surface area contributed by atoms with Gasteiger partial charge in [0.15, 0.2) is 11.6 Å². The van der Waals surface area contributed by atoms with Crippen LogP contribution in [0.5, 0.6) is 0 Å². The normalized spacial score (nSPS) is 40.2. The van der Waals surface area contributed by atoms with Crippen LogP contribution >= 0.6 is 0 Å². The second-order valence-electron chi connectivity index (χ2n) is 11.6. The maximum atomic E-state index is 12.5. The quantitative estimate of drug-likeness (QED) is 0.385. The van der Waals surface area contributed by atoms with Crippen LogP contribution in [0.4, 0.5) is 0 Å². The van der Waals surface area contributed by atoms with E-state index in [1.165, 1.54) is 0 Å². The molecule has 0 aromatic rings. The molecule has 8 atom stereocenters. The molecule has 0 amide bonds. The number of Topliss-reactive ketones (excluding diaryl/α,β-unsaturated/α-hetero) is 1. The zero-order valence-corrected chi connectivity index (χ0v) is 22.4. The lowest BCUT2D eigenvalue weighted by atomic mass is 9.44. The monoisotopic (exact) mass is 522 g/mol. The van der Waals surface area contributed by atoms with Crippen molar-refractivity contribution in [2.45, 2.75) is 103 Å². The third-order valence-electron chi connectivity index (χ3n) is 9.76. The number of carboxylic acid groups (broad SMARTS) is 1. The number of aliphatic hydroxyl groups is 3. The Bertz CT molecular complexity index is 957. The second-order valence-corrected chi connectivity index (χ2v) is 11.6. The molecular weight excluding hydrogens is 480 g/mol. The third-order valence-corrected chi connectivity index (χ3v) is 9.76. The van der Waals surface area contributed by atoms with Gasteiger partial charge in [-0.3, -0.25) is 19.2 Å². The van der Waals surface area contributed by atoms with E-state index in [-0.39, 0.29) is 61.6 Å². The highest BCUT2D eigenvalue weighted by molar-refractivity contribution is 5.92. The van der Waals surface area contributed by atoms with Gasteiger partial charge in [-0.15, -0.1) is 0 Å². The van der Waals surface area contributed by atoms with Crippen molar-refractivity contribution in [2.24, 2.45) is 28.6 Å². The van der Waals surface area contributed by atoms with Crippen molar-refractivity contribution in [1.82, 2.24) is 0 Å². The Balaban J connectivity index is 0.000000695. The predicted molar refractivity (Wildman–Crippen MR) is 133 cm³/mol. The number of ether oxygens (including phenoxy) is 1. The summed E-state index contributed by atoms with van der Waals surface area (Å²) < 4.78 is 5.86. The van der Waals surface area contributed by atoms with Crippen molar-refractivity contribution < 1.29 is 44.3 Å². The van der Waals surface area contributed by atoms with Gasteiger partial charge in [0.1, 0.15) is 18.3 Å². The minimum absolute atomic E-state index is 0.000559. The first-order valence-corrected chi connectivity index (χ1v) is 13.5. The summed E-state index contributed by atoms with van der Waals surface area (Å²) in [6.45, 7) is 6.66. The Morgan fingerprint density at radius 2 is 1.81 bits per heavy atom. The Morgan fingerprint density at radius 3 is 2.38 bits per heavy atom.